The molecule has 3 aromatic rings. The van der Waals surface area contributed by atoms with E-state index in [-0.39, 0.29) is 24.8 Å². The first-order chi connectivity index (χ1) is 14.1. The Labute approximate surface area is 168 Å². The largest absolute Gasteiger partial charge is 0.497 e. The fourth-order valence-corrected chi connectivity index (χ4v) is 2.83. The first-order valence-corrected chi connectivity index (χ1v) is 9.27. The third-order valence-corrected chi connectivity index (χ3v) is 4.43. The number of nitrogens with zero attached hydrogens (tertiary/aromatic N) is 4. The minimum absolute atomic E-state index is 0.245. The van der Waals surface area contributed by atoms with Crippen LogP contribution >= 0.6 is 0 Å². The molecule has 0 spiro atoms. The van der Waals surface area contributed by atoms with Crippen molar-refractivity contribution in [3.05, 3.63) is 64.8 Å². The van der Waals surface area contributed by atoms with E-state index in [1.165, 1.54) is 9.25 Å². The molecule has 29 heavy (non-hydrogen) atoms. The molecule has 0 fully saturated rings. The van der Waals surface area contributed by atoms with Crippen LogP contribution in [0.25, 0.3) is 11.4 Å². The van der Waals surface area contributed by atoms with Gasteiger partial charge >= 0.3 is 11.7 Å². The molecule has 0 unspecified atom stereocenters. The van der Waals surface area contributed by atoms with Crippen molar-refractivity contribution in [1.82, 2.24) is 30.0 Å². The first kappa shape index (κ1) is 20.1. The van der Waals surface area contributed by atoms with Crippen LogP contribution in [0.2, 0.25) is 0 Å². The van der Waals surface area contributed by atoms with Crippen molar-refractivity contribution in [2.75, 3.05) is 20.2 Å². The van der Waals surface area contributed by atoms with E-state index in [4.69, 9.17) is 4.74 Å². The second kappa shape index (κ2) is 9.54. The SMILES string of the molecule is COc1ccc(CCNC(=O)NCCn2nc(-c3cccnc3)n(C)c2=O)cc1. The van der Waals surface area contributed by atoms with Gasteiger partial charge in [-0.05, 0) is 36.2 Å². The van der Waals surface area contributed by atoms with E-state index in [1.807, 2.05) is 30.3 Å². The summed E-state index contributed by atoms with van der Waals surface area (Å²) in [5.74, 6) is 1.34. The fourth-order valence-electron chi connectivity index (χ4n) is 2.83. The number of amides is 2. The number of carbonyl (C=O) groups excluding carboxylic acids is 1. The van der Waals surface area contributed by atoms with Gasteiger partial charge in [0.15, 0.2) is 5.82 Å². The van der Waals surface area contributed by atoms with E-state index in [0.717, 1.165) is 16.9 Å². The van der Waals surface area contributed by atoms with Gasteiger partial charge in [-0.15, -0.1) is 5.10 Å². The summed E-state index contributed by atoms with van der Waals surface area (Å²) in [6, 6.07) is 11.1. The smallest absolute Gasteiger partial charge is 0.345 e. The number of aromatic nitrogens is 4. The van der Waals surface area contributed by atoms with Crippen LogP contribution in [0.4, 0.5) is 4.79 Å². The molecule has 9 heteroatoms. The number of ether oxygens (including phenoxy) is 1. The summed E-state index contributed by atoms with van der Waals surface area (Å²) in [6.45, 7) is 1.07. The maximum Gasteiger partial charge on any atom is 0.345 e. The molecular weight excluding hydrogens is 372 g/mol. The number of rotatable bonds is 8. The van der Waals surface area contributed by atoms with E-state index in [1.54, 1.807) is 32.6 Å². The van der Waals surface area contributed by atoms with E-state index >= 15 is 0 Å². The fraction of sp³-hybridized carbons (Fsp3) is 0.300. The normalized spacial score (nSPS) is 10.6. The quantitative estimate of drug-likeness (QED) is 0.595. The summed E-state index contributed by atoms with van der Waals surface area (Å²) < 4.78 is 7.92. The summed E-state index contributed by atoms with van der Waals surface area (Å²) >= 11 is 0. The van der Waals surface area contributed by atoms with Crippen molar-refractivity contribution in [3.63, 3.8) is 0 Å². The average Bonchev–Trinajstić information content (AvgIpc) is 3.03. The predicted octanol–water partition coefficient (Wildman–Crippen LogP) is 1.19. The number of urea groups is 1. The summed E-state index contributed by atoms with van der Waals surface area (Å²) in [4.78, 5) is 28.3. The van der Waals surface area contributed by atoms with E-state index in [9.17, 15) is 9.59 Å². The molecule has 0 aliphatic carbocycles. The van der Waals surface area contributed by atoms with Crippen molar-refractivity contribution >= 4 is 6.03 Å². The molecule has 0 atom stereocenters. The highest BCUT2D eigenvalue weighted by atomic mass is 16.5. The zero-order chi connectivity index (χ0) is 20.6. The van der Waals surface area contributed by atoms with Crippen LogP contribution in [0.1, 0.15) is 5.56 Å². The number of hydrogen-bond acceptors (Lipinski definition) is 5. The average molecular weight is 396 g/mol. The van der Waals surface area contributed by atoms with Crippen molar-refractivity contribution in [2.24, 2.45) is 7.05 Å². The number of benzene rings is 1. The Morgan fingerprint density at radius 1 is 1.14 bits per heavy atom. The van der Waals surface area contributed by atoms with Crippen molar-refractivity contribution in [3.8, 4) is 17.1 Å². The Balaban J connectivity index is 1.45. The molecule has 2 heterocycles. The Morgan fingerprint density at radius 3 is 2.59 bits per heavy atom. The molecule has 0 aliphatic heterocycles. The number of pyridine rings is 1. The van der Waals surface area contributed by atoms with Crippen LogP contribution in [0.5, 0.6) is 5.75 Å². The number of carbonyl (C=O) groups is 1. The van der Waals surface area contributed by atoms with Crippen LogP contribution in [-0.2, 0) is 20.0 Å². The van der Waals surface area contributed by atoms with Gasteiger partial charge in [-0.25, -0.2) is 14.3 Å². The summed E-state index contributed by atoms with van der Waals surface area (Å²) in [5, 5.41) is 9.88. The van der Waals surface area contributed by atoms with Gasteiger partial charge in [-0.3, -0.25) is 9.55 Å². The van der Waals surface area contributed by atoms with E-state index < -0.39 is 0 Å². The molecule has 152 valence electrons. The van der Waals surface area contributed by atoms with Crippen LogP contribution in [-0.4, -0.2) is 45.6 Å². The van der Waals surface area contributed by atoms with Crippen LogP contribution in [0.3, 0.4) is 0 Å². The lowest BCUT2D eigenvalue weighted by molar-refractivity contribution is 0.240. The summed E-state index contributed by atoms with van der Waals surface area (Å²) in [5.41, 5.74) is 1.62. The van der Waals surface area contributed by atoms with Gasteiger partial charge in [0.1, 0.15) is 5.75 Å². The zero-order valence-corrected chi connectivity index (χ0v) is 16.5. The third kappa shape index (κ3) is 5.22. The minimum Gasteiger partial charge on any atom is -0.497 e. The molecule has 1 aromatic carbocycles. The van der Waals surface area contributed by atoms with Crippen LogP contribution in [0.15, 0.2) is 53.6 Å². The maximum absolute atomic E-state index is 12.3. The molecule has 0 bridgehead atoms. The summed E-state index contributed by atoms with van der Waals surface area (Å²) in [6.07, 6.45) is 4.03. The third-order valence-electron chi connectivity index (χ3n) is 4.43. The number of nitrogens with one attached hydrogen (secondary N) is 2. The van der Waals surface area contributed by atoms with Gasteiger partial charge in [0.2, 0.25) is 0 Å². The number of hydrogen-bond donors (Lipinski definition) is 2. The maximum atomic E-state index is 12.3. The minimum atomic E-state index is -0.282. The van der Waals surface area contributed by atoms with Gasteiger partial charge in [-0.1, -0.05) is 12.1 Å². The Morgan fingerprint density at radius 2 is 1.90 bits per heavy atom. The second-order valence-corrected chi connectivity index (χ2v) is 6.41. The van der Waals surface area contributed by atoms with Crippen molar-refractivity contribution < 1.29 is 9.53 Å². The van der Waals surface area contributed by atoms with Crippen LogP contribution < -0.4 is 21.1 Å². The molecule has 0 radical (unpaired) electrons. The van der Waals surface area contributed by atoms with Gasteiger partial charge < -0.3 is 15.4 Å². The Kier molecular flexibility index (Phi) is 6.62. The van der Waals surface area contributed by atoms with Crippen LogP contribution in [0, 0.1) is 0 Å². The molecule has 3 rings (SSSR count). The monoisotopic (exact) mass is 396 g/mol. The predicted molar refractivity (Wildman–Crippen MR) is 109 cm³/mol. The molecule has 2 N–H and O–H groups in total. The lowest BCUT2D eigenvalue weighted by Gasteiger charge is -2.08. The van der Waals surface area contributed by atoms with Crippen molar-refractivity contribution in [2.45, 2.75) is 13.0 Å². The molecule has 9 nitrogen and oxygen atoms in total. The number of methoxy groups -OCH3 is 1. The first-order valence-electron chi connectivity index (χ1n) is 9.27. The van der Waals surface area contributed by atoms with Gasteiger partial charge in [0, 0.05) is 38.1 Å². The molecular formula is C20H24N6O3. The molecule has 0 saturated heterocycles. The van der Waals surface area contributed by atoms with E-state index in [2.05, 4.69) is 20.7 Å². The highest BCUT2D eigenvalue weighted by Gasteiger charge is 2.12. The molecule has 0 saturated carbocycles. The molecule has 0 aliphatic rings. The highest BCUT2D eigenvalue weighted by Crippen LogP contribution is 2.12. The van der Waals surface area contributed by atoms with Gasteiger partial charge in [0.05, 0.1) is 13.7 Å². The second-order valence-electron chi connectivity index (χ2n) is 6.41. The van der Waals surface area contributed by atoms with Gasteiger partial charge in [-0.2, -0.15) is 0 Å². The Bertz CT molecular complexity index is 995. The van der Waals surface area contributed by atoms with Gasteiger partial charge in [0.25, 0.3) is 0 Å². The summed E-state index contributed by atoms with van der Waals surface area (Å²) in [7, 11) is 3.28. The Hall–Kier alpha value is -3.62. The topological polar surface area (TPSA) is 103 Å². The van der Waals surface area contributed by atoms with Crippen molar-refractivity contribution in [1.29, 1.82) is 0 Å². The zero-order valence-electron chi connectivity index (χ0n) is 16.5. The highest BCUT2D eigenvalue weighted by molar-refractivity contribution is 5.73. The standard InChI is InChI=1S/C20H24N6O3/c1-25-18(16-4-3-10-21-14-16)24-26(20(25)28)13-12-23-19(27)22-11-9-15-5-7-17(29-2)8-6-15/h3-8,10,14H,9,11-13H2,1-2H3,(H2,22,23,27). The lowest BCUT2D eigenvalue weighted by Crippen LogP contribution is -2.39. The van der Waals surface area contributed by atoms with E-state index in [0.29, 0.717) is 18.8 Å². The lowest BCUT2D eigenvalue weighted by atomic mass is 10.1. The molecule has 2 aromatic heterocycles. The molecule has 2 amide bonds.